The summed E-state index contributed by atoms with van der Waals surface area (Å²) in [6, 6.07) is 6.71. The van der Waals surface area contributed by atoms with Crippen molar-refractivity contribution in [2.45, 2.75) is 24.2 Å². The summed E-state index contributed by atoms with van der Waals surface area (Å²) in [5.74, 6) is 0.368. The van der Waals surface area contributed by atoms with Crippen LogP contribution >= 0.6 is 0 Å². The monoisotopic (exact) mass is 321 g/mol. The van der Waals surface area contributed by atoms with Crippen molar-refractivity contribution in [2.24, 2.45) is 4.40 Å². The molecule has 2 heterocycles. The first-order chi connectivity index (χ1) is 10.5. The molecule has 6 nitrogen and oxygen atoms in total. The highest BCUT2D eigenvalue weighted by atomic mass is 32.2. The predicted octanol–water partition coefficient (Wildman–Crippen LogP) is 1.08. The molecule has 2 aliphatic heterocycles. The van der Waals surface area contributed by atoms with Crippen molar-refractivity contribution in [3.8, 4) is 0 Å². The molecule has 0 aliphatic carbocycles. The van der Waals surface area contributed by atoms with Gasteiger partial charge in [-0.3, -0.25) is 4.79 Å². The van der Waals surface area contributed by atoms with Gasteiger partial charge in [-0.25, -0.2) is 0 Å². The second-order valence-corrected chi connectivity index (χ2v) is 7.26. The molecule has 22 heavy (non-hydrogen) atoms. The molecule has 3 rings (SSSR count). The predicted molar refractivity (Wildman–Crippen MR) is 83.2 cm³/mol. The Morgan fingerprint density at radius 1 is 1.23 bits per heavy atom. The Balaban J connectivity index is 1.78. The first-order valence-electron chi connectivity index (χ1n) is 7.42. The summed E-state index contributed by atoms with van der Waals surface area (Å²) in [5, 5.41) is 0. The van der Waals surface area contributed by atoms with Crippen LogP contribution in [0.3, 0.4) is 0 Å². The smallest absolute Gasteiger partial charge is 0.285 e. The number of nitrogens with zero attached hydrogens (tertiary/aromatic N) is 3. The molecular formula is C15H19N3O3S. The van der Waals surface area contributed by atoms with Crippen molar-refractivity contribution >= 4 is 21.8 Å². The fourth-order valence-electron chi connectivity index (χ4n) is 2.88. The highest BCUT2D eigenvalue weighted by Crippen LogP contribution is 2.26. The molecule has 0 saturated carbocycles. The molecule has 0 bridgehead atoms. The zero-order valence-corrected chi connectivity index (χ0v) is 13.3. The maximum Gasteiger partial charge on any atom is 0.285 e. The van der Waals surface area contributed by atoms with E-state index in [0.717, 1.165) is 32.4 Å². The van der Waals surface area contributed by atoms with Gasteiger partial charge in [0, 0.05) is 25.7 Å². The Morgan fingerprint density at radius 3 is 2.64 bits per heavy atom. The molecule has 1 saturated heterocycles. The average Bonchev–Trinajstić information content (AvgIpc) is 2.80. The Kier molecular flexibility index (Phi) is 3.90. The third kappa shape index (κ3) is 2.72. The number of hydrogen-bond acceptors (Lipinski definition) is 4. The Labute approximate surface area is 130 Å². The quantitative estimate of drug-likeness (QED) is 0.817. The summed E-state index contributed by atoms with van der Waals surface area (Å²) in [5.41, 5.74) is 0.566. The van der Waals surface area contributed by atoms with Gasteiger partial charge in [0.25, 0.3) is 10.0 Å². The summed E-state index contributed by atoms with van der Waals surface area (Å²) in [4.78, 5) is 16.0. The van der Waals surface area contributed by atoms with Crippen molar-refractivity contribution in [1.29, 1.82) is 0 Å². The molecule has 1 aromatic carbocycles. The number of fused-ring (bicyclic) bond motifs is 1. The van der Waals surface area contributed by atoms with E-state index >= 15 is 0 Å². The molecule has 7 heteroatoms. The van der Waals surface area contributed by atoms with E-state index in [4.69, 9.17) is 0 Å². The molecule has 0 radical (unpaired) electrons. The van der Waals surface area contributed by atoms with Gasteiger partial charge in [0.2, 0.25) is 5.91 Å². The van der Waals surface area contributed by atoms with E-state index in [0.29, 0.717) is 11.4 Å². The lowest BCUT2D eigenvalue weighted by atomic mass is 10.1. The SMILES string of the molecule is CN(CC(=O)N1CCCCC1)C1=NS(=O)(=O)c2ccccc21. The van der Waals surface area contributed by atoms with E-state index in [1.165, 1.54) is 0 Å². The molecule has 2 aliphatic rings. The number of likely N-dealkylation sites (N-methyl/N-ethyl adjacent to an activating group) is 1. The third-order valence-corrected chi connectivity index (χ3v) is 5.38. The summed E-state index contributed by atoms with van der Waals surface area (Å²) in [7, 11) is -1.93. The number of carbonyl (C=O) groups excluding carboxylic acids is 1. The van der Waals surface area contributed by atoms with E-state index in [1.807, 2.05) is 4.90 Å². The van der Waals surface area contributed by atoms with Gasteiger partial charge in [-0.1, -0.05) is 12.1 Å². The first kappa shape index (κ1) is 15.0. The highest BCUT2D eigenvalue weighted by molar-refractivity contribution is 7.90. The fraction of sp³-hybridized carbons (Fsp3) is 0.467. The van der Waals surface area contributed by atoms with Gasteiger partial charge in [0.1, 0.15) is 4.90 Å². The van der Waals surface area contributed by atoms with Gasteiger partial charge in [0.05, 0.1) is 6.54 Å². The topological polar surface area (TPSA) is 70.1 Å². The zero-order valence-electron chi connectivity index (χ0n) is 12.5. The molecule has 0 N–H and O–H groups in total. The van der Waals surface area contributed by atoms with Crippen molar-refractivity contribution in [3.05, 3.63) is 29.8 Å². The molecule has 0 aromatic heterocycles. The van der Waals surface area contributed by atoms with Crippen LogP contribution in [-0.2, 0) is 14.8 Å². The minimum absolute atomic E-state index is 0.0201. The molecule has 0 spiro atoms. The summed E-state index contributed by atoms with van der Waals surface area (Å²) < 4.78 is 27.9. The number of carbonyl (C=O) groups is 1. The van der Waals surface area contributed by atoms with Gasteiger partial charge in [-0.05, 0) is 31.4 Å². The van der Waals surface area contributed by atoms with Crippen LogP contribution in [0.2, 0.25) is 0 Å². The number of hydrogen-bond donors (Lipinski definition) is 0. The number of sulfonamides is 1. The lowest BCUT2D eigenvalue weighted by Crippen LogP contribution is -2.43. The van der Waals surface area contributed by atoms with E-state index in [1.54, 1.807) is 36.2 Å². The van der Waals surface area contributed by atoms with Gasteiger partial charge < -0.3 is 9.80 Å². The number of benzene rings is 1. The van der Waals surface area contributed by atoms with Gasteiger partial charge in [0.15, 0.2) is 5.84 Å². The second-order valence-electron chi connectivity index (χ2n) is 5.68. The maximum absolute atomic E-state index is 12.3. The van der Waals surface area contributed by atoms with E-state index in [-0.39, 0.29) is 17.3 Å². The van der Waals surface area contributed by atoms with E-state index in [2.05, 4.69) is 4.40 Å². The van der Waals surface area contributed by atoms with Crippen LogP contribution in [0.15, 0.2) is 33.6 Å². The highest BCUT2D eigenvalue weighted by Gasteiger charge is 2.31. The maximum atomic E-state index is 12.3. The molecule has 118 valence electrons. The molecular weight excluding hydrogens is 302 g/mol. The summed E-state index contributed by atoms with van der Waals surface area (Å²) in [6.45, 7) is 1.71. The largest absolute Gasteiger partial charge is 0.349 e. The second kappa shape index (κ2) is 5.72. The normalized spacial score (nSPS) is 19.5. The first-order valence-corrected chi connectivity index (χ1v) is 8.86. The lowest BCUT2D eigenvalue weighted by molar-refractivity contribution is -0.132. The van der Waals surface area contributed by atoms with E-state index < -0.39 is 10.0 Å². The molecule has 0 unspecified atom stereocenters. The van der Waals surface area contributed by atoms with Crippen LogP contribution in [0.25, 0.3) is 0 Å². The lowest BCUT2D eigenvalue weighted by Gasteiger charge is -2.29. The fourth-order valence-corrected chi connectivity index (χ4v) is 4.14. The van der Waals surface area contributed by atoms with Crippen LogP contribution in [-0.4, -0.2) is 56.6 Å². The molecule has 1 amide bonds. The van der Waals surface area contributed by atoms with Crippen molar-refractivity contribution in [3.63, 3.8) is 0 Å². The van der Waals surface area contributed by atoms with Gasteiger partial charge >= 0.3 is 0 Å². The van der Waals surface area contributed by atoms with Crippen LogP contribution in [0.5, 0.6) is 0 Å². The number of piperidine rings is 1. The van der Waals surface area contributed by atoms with Crippen molar-refractivity contribution in [1.82, 2.24) is 9.80 Å². The number of amides is 1. The average molecular weight is 321 g/mol. The minimum Gasteiger partial charge on any atom is -0.349 e. The van der Waals surface area contributed by atoms with E-state index in [9.17, 15) is 13.2 Å². The summed E-state index contributed by atoms with van der Waals surface area (Å²) in [6.07, 6.45) is 3.24. The zero-order chi connectivity index (χ0) is 15.7. The molecule has 1 aromatic rings. The van der Waals surface area contributed by atoms with Crippen LogP contribution in [0.1, 0.15) is 24.8 Å². The number of rotatable bonds is 2. The van der Waals surface area contributed by atoms with Crippen molar-refractivity contribution in [2.75, 3.05) is 26.7 Å². The van der Waals surface area contributed by atoms with Crippen LogP contribution in [0, 0.1) is 0 Å². The standard InChI is InChI=1S/C15H19N3O3S/c1-17(11-14(19)18-9-5-2-6-10-18)15-12-7-3-4-8-13(12)22(20,21)16-15/h3-4,7-8H,2,5-6,9-11H2,1H3. The van der Waals surface area contributed by atoms with Gasteiger partial charge in [-0.2, -0.15) is 8.42 Å². The third-order valence-electron chi connectivity index (χ3n) is 4.06. The van der Waals surface area contributed by atoms with Crippen LogP contribution < -0.4 is 0 Å². The van der Waals surface area contributed by atoms with Gasteiger partial charge in [-0.15, -0.1) is 4.40 Å². The number of amidine groups is 1. The summed E-state index contributed by atoms with van der Waals surface area (Å²) >= 11 is 0. The number of likely N-dealkylation sites (tertiary alicyclic amines) is 1. The van der Waals surface area contributed by atoms with Crippen LogP contribution in [0.4, 0.5) is 0 Å². The molecule has 1 fully saturated rings. The Hall–Kier alpha value is -1.89. The minimum atomic E-state index is -3.64. The van der Waals surface area contributed by atoms with Crippen molar-refractivity contribution < 1.29 is 13.2 Å². The Bertz CT molecular complexity index is 721. The molecule has 0 atom stereocenters. The Morgan fingerprint density at radius 2 is 1.91 bits per heavy atom.